The number of hydrogen-bond donors (Lipinski definition) is 2. The van der Waals surface area contributed by atoms with Gasteiger partial charge in [-0.2, -0.15) is 0 Å². The lowest BCUT2D eigenvalue weighted by atomic mass is 10.0. The topological polar surface area (TPSA) is 63.3 Å². The van der Waals surface area contributed by atoms with Crippen molar-refractivity contribution in [1.29, 1.82) is 0 Å². The highest BCUT2D eigenvalue weighted by molar-refractivity contribution is 7.79. The molecule has 0 saturated carbocycles. The van der Waals surface area contributed by atoms with Gasteiger partial charge in [0.2, 0.25) is 0 Å². The molecule has 0 saturated heterocycles. The molecule has 0 aromatic heterocycles. The quantitative estimate of drug-likeness (QED) is 0.819. The van der Waals surface area contributed by atoms with Gasteiger partial charge in [0.05, 0.1) is 4.90 Å². The van der Waals surface area contributed by atoms with Gasteiger partial charge in [-0.05, 0) is 34.9 Å². The zero-order chi connectivity index (χ0) is 12.3. The Morgan fingerprint density at radius 1 is 1.06 bits per heavy atom. The summed E-state index contributed by atoms with van der Waals surface area (Å²) in [6, 6.07) is 14.9. The Bertz CT molecular complexity index is 555. The highest BCUT2D eigenvalue weighted by Gasteiger charge is 2.03. The highest BCUT2D eigenvalue weighted by atomic mass is 32.2. The summed E-state index contributed by atoms with van der Waals surface area (Å²) >= 11 is -1.94. The predicted molar refractivity (Wildman–Crippen MR) is 68.8 cm³/mol. The van der Waals surface area contributed by atoms with Gasteiger partial charge in [-0.15, -0.1) is 0 Å². The van der Waals surface area contributed by atoms with Crippen LogP contribution in [0.5, 0.6) is 0 Å². The molecule has 0 aliphatic heterocycles. The first kappa shape index (κ1) is 12.0. The smallest absolute Gasteiger partial charge is 0.186 e. The van der Waals surface area contributed by atoms with Crippen LogP contribution in [0.25, 0.3) is 11.1 Å². The molecule has 0 fully saturated rings. The van der Waals surface area contributed by atoms with E-state index in [0.717, 1.165) is 16.7 Å². The average molecular weight is 247 g/mol. The molecule has 1 atom stereocenters. The maximum atomic E-state index is 11.0. The fraction of sp³-hybridized carbons (Fsp3) is 0.0769. The molecular formula is C13H13NO2S. The van der Waals surface area contributed by atoms with Crippen molar-refractivity contribution in [2.45, 2.75) is 11.4 Å². The van der Waals surface area contributed by atoms with Crippen LogP contribution in [0, 0.1) is 0 Å². The molecule has 0 amide bonds. The Labute approximate surface area is 103 Å². The van der Waals surface area contributed by atoms with E-state index in [4.69, 9.17) is 10.3 Å². The second-order valence-electron chi connectivity index (χ2n) is 3.68. The lowest BCUT2D eigenvalue weighted by molar-refractivity contribution is 0.564. The molecule has 3 N–H and O–H groups in total. The molecule has 3 nitrogen and oxygen atoms in total. The summed E-state index contributed by atoms with van der Waals surface area (Å²) in [5.41, 5.74) is 8.54. The normalized spacial score (nSPS) is 12.4. The van der Waals surface area contributed by atoms with Gasteiger partial charge >= 0.3 is 0 Å². The first-order chi connectivity index (χ1) is 8.20. The summed E-state index contributed by atoms with van der Waals surface area (Å²) in [6.07, 6.45) is 0. The van der Waals surface area contributed by atoms with Crippen molar-refractivity contribution in [1.82, 2.24) is 0 Å². The summed E-state index contributed by atoms with van der Waals surface area (Å²) in [7, 11) is 0. The van der Waals surface area contributed by atoms with E-state index in [1.807, 2.05) is 30.3 Å². The third-order valence-electron chi connectivity index (χ3n) is 2.53. The van der Waals surface area contributed by atoms with Crippen molar-refractivity contribution in [3.63, 3.8) is 0 Å². The van der Waals surface area contributed by atoms with Crippen LogP contribution in [0.15, 0.2) is 53.4 Å². The Morgan fingerprint density at radius 2 is 1.71 bits per heavy atom. The first-order valence-corrected chi connectivity index (χ1v) is 6.31. The van der Waals surface area contributed by atoms with E-state index < -0.39 is 11.1 Å². The Balaban J connectivity index is 2.45. The summed E-state index contributed by atoms with van der Waals surface area (Å²) < 4.78 is 20.0. The predicted octanol–water partition coefficient (Wildman–Crippen LogP) is 2.39. The van der Waals surface area contributed by atoms with Gasteiger partial charge in [0.15, 0.2) is 11.1 Å². The van der Waals surface area contributed by atoms with E-state index >= 15 is 0 Å². The van der Waals surface area contributed by atoms with E-state index in [2.05, 4.69) is 0 Å². The molecule has 0 aliphatic rings. The summed E-state index contributed by atoms with van der Waals surface area (Å²) in [4.78, 5) is 0.403. The second kappa shape index (κ2) is 5.23. The van der Waals surface area contributed by atoms with Crippen LogP contribution in [-0.2, 0) is 17.6 Å². The van der Waals surface area contributed by atoms with Crippen molar-refractivity contribution >= 4 is 11.1 Å². The third kappa shape index (κ3) is 2.79. The average Bonchev–Trinajstić information content (AvgIpc) is 2.39. The number of rotatable bonds is 3. The number of nitrogens with two attached hydrogens (primary N) is 1. The second-order valence-corrected chi connectivity index (χ2v) is 4.65. The van der Waals surface area contributed by atoms with Gasteiger partial charge < -0.3 is 10.3 Å². The molecule has 0 heterocycles. The lowest BCUT2D eigenvalue weighted by Crippen LogP contribution is -1.96. The summed E-state index contributed by atoms with van der Waals surface area (Å²) in [6.45, 7) is 0.486. The van der Waals surface area contributed by atoms with Crippen molar-refractivity contribution in [3.8, 4) is 11.1 Å². The largest absolute Gasteiger partial charge is 0.326 e. The molecule has 0 spiro atoms. The van der Waals surface area contributed by atoms with Crippen LogP contribution >= 0.6 is 0 Å². The third-order valence-corrected chi connectivity index (χ3v) is 3.19. The van der Waals surface area contributed by atoms with E-state index in [9.17, 15) is 4.21 Å². The fourth-order valence-electron chi connectivity index (χ4n) is 1.66. The van der Waals surface area contributed by atoms with Crippen molar-refractivity contribution in [2.24, 2.45) is 5.73 Å². The minimum Gasteiger partial charge on any atom is -0.326 e. The van der Waals surface area contributed by atoms with Crippen LogP contribution in [-0.4, -0.2) is 8.76 Å². The SMILES string of the molecule is NCc1cccc(-c2cccc(S(=O)O)c2)c1. The van der Waals surface area contributed by atoms with Gasteiger partial charge in [0.25, 0.3) is 0 Å². The van der Waals surface area contributed by atoms with E-state index in [1.165, 1.54) is 0 Å². The van der Waals surface area contributed by atoms with E-state index in [1.54, 1.807) is 18.2 Å². The molecular weight excluding hydrogens is 234 g/mol. The summed E-state index contributed by atoms with van der Waals surface area (Å²) in [5, 5.41) is 0. The minimum atomic E-state index is -1.94. The van der Waals surface area contributed by atoms with E-state index in [-0.39, 0.29) is 0 Å². The van der Waals surface area contributed by atoms with Gasteiger partial charge in [0, 0.05) is 6.54 Å². The van der Waals surface area contributed by atoms with Gasteiger partial charge in [-0.25, -0.2) is 4.21 Å². The van der Waals surface area contributed by atoms with Crippen molar-refractivity contribution in [2.75, 3.05) is 0 Å². The van der Waals surface area contributed by atoms with Crippen LogP contribution < -0.4 is 5.73 Å². The zero-order valence-corrected chi connectivity index (χ0v) is 9.98. The monoisotopic (exact) mass is 247 g/mol. The van der Waals surface area contributed by atoms with E-state index in [0.29, 0.717) is 11.4 Å². The highest BCUT2D eigenvalue weighted by Crippen LogP contribution is 2.22. The lowest BCUT2D eigenvalue weighted by Gasteiger charge is -2.05. The molecule has 17 heavy (non-hydrogen) atoms. The van der Waals surface area contributed by atoms with Crippen LogP contribution in [0.1, 0.15) is 5.56 Å². The maximum Gasteiger partial charge on any atom is 0.186 e. The molecule has 2 aromatic rings. The van der Waals surface area contributed by atoms with Crippen LogP contribution in [0.4, 0.5) is 0 Å². The van der Waals surface area contributed by atoms with Gasteiger partial charge in [0.1, 0.15) is 0 Å². The first-order valence-electron chi connectivity index (χ1n) is 5.21. The maximum absolute atomic E-state index is 11.0. The van der Waals surface area contributed by atoms with Crippen LogP contribution in [0.2, 0.25) is 0 Å². The van der Waals surface area contributed by atoms with Crippen LogP contribution in [0.3, 0.4) is 0 Å². The van der Waals surface area contributed by atoms with Crippen molar-refractivity contribution in [3.05, 3.63) is 54.1 Å². The molecule has 0 radical (unpaired) electrons. The molecule has 88 valence electrons. The van der Waals surface area contributed by atoms with Crippen molar-refractivity contribution < 1.29 is 8.76 Å². The molecule has 1 unspecified atom stereocenters. The molecule has 4 heteroatoms. The molecule has 0 aliphatic carbocycles. The van der Waals surface area contributed by atoms with Gasteiger partial charge in [-0.1, -0.05) is 30.3 Å². The number of hydrogen-bond acceptors (Lipinski definition) is 2. The Hall–Kier alpha value is -1.49. The Kier molecular flexibility index (Phi) is 3.68. The fourth-order valence-corrected chi connectivity index (χ4v) is 2.08. The minimum absolute atomic E-state index is 0.403. The van der Waals surface area contributed by atoms with Gasteiger partial charge in [-0.3, -0.25) is 0 Å². The standard InChI is InChI=1S/C13H13NO2S/c14-9-10-3-1-4-11(7-10)12-5-2-6-13(8-12)17(15)16/h1-8H,9,14H2,(H,15,16). The summed E-state index contributed by atoms with van der Waals surface area (Å²) in [5.74, 6) is 0. The zero-order valence-electron chi connectivity index (χ0n) is 9.17. The molecule has 2 rings (SSSR count). The number of benzene rings is 2. The molecule has 2 aromatic carbocycles. The molecule has 0 bridgehead atoms. The Morgan fingerprint density at radius 3 is 2.35 bits per heavy atom.